The lowest BCUT2D eigenvalue weighted by Crippen LogP contribution is -2.42. The summed E-state index contributed by atoms with van der Waals surface area (Å²) in [5, 5.41) is 5.81. The van der Waals surface area contributed by atoms with Crippen LogP contribution in [0, 0.1) is 6.92 Å². The minimum absolute atomic E-state index is 0.164. The van der Waals surface area contributed by atoms with Crippen LogP contribution < -0.4 is 10.4 Å². The van der Waals surface area contributed by atoms with Crippen molar-refractivity contribution in [2.75, 3.05) is 11.6 Å². The molecule has 0 saturated heterocycles. The minimum Gasteiger partial charge on any atom is -0.286 e. The third kappa shape index (κ3) is 2.93. The van der Waals surface area contributed by atoms with E-state index in [2.05, 4.69) is 10.5 Å². The summed E-state index contributed by atoms with van der Waals surface area (Å²) in [6.07, 6.45) is 1.61. The standard InChI is InChI=1S/C14H18N4O/c1-4-18(12-7-5-11(2)6-8-12)16-14(19)13-9-10-15-17(13)3/h5-10H,4H2,1-3H3,(H,16,19). The number of benzene rings is 1. The highest BCUT2D eigenvalue weighted by Crippen LogP contribution is 2.13. The number of nitrogens with one attached hydrogen (secondary N) is 1. The molecule has 0 aliphatic rings. The molecule has 1 heterocycles. The van der Waals surface area contributed by atoms with Gasteiger partial charge in [0.15, 0.2) is 0 Å². The number of hydrogen-bond donors (Lipinski definition) is 1. The Balaban J connectivity index is 2.13. The van der Waals surface area contributed by atoms with Crippen LogP contribution in [0.3, 0.4) is 0 Å². The van der Waals surface area contributed by atoms with E-state index in [0.717, 1.165) is 5.69 Å². The first kappa shape index (κ1) is 13.1. The molecule has 0 bridgehead atoms. The van der Waals surface area contributed by atoms with Crippen LogP contribution >= 0.6 is 0 Å². The molecule has 1 aromatic carbocycles. The number of amides is 1. The van der Waals surface area contributed by atoms with E-state index in [1.807, 2.05) is 43.1 Å². The van der Waals surface area contributed by atoms with Gasteiger partial charge in [-0.3, -0.25) is 19.9 Å². The number of aryl methyl sites for hydroxylation is 2. The van der Waals surface area contributed by atoms with Gasteiger partial charge in [0.05, 0.1) is 5.69 Å². The number of carbonyl (C=O) groups is 1. The molecular weight excluding hydrogens is 240 g/mol. The van der Waals surface area contributed by atoms with Crippen molar-refractivity contribution < 1.29 is 4.79 Å². The molecule has 2 rings (SSSR count). The van der Waals surface area contributed by atoms with E-state index < -0.39 is 0 Å². The molecule has 5 nitrogen and oxygen atoms in total. The monoisotopic (exact) mass is 258 g/mol. The molecule has 0 atom stereocenters. The second-order valence-corrected chi connectivity index (χ2v) is 4.36. The van der Waals surface area contributed by atoms with Crippen LogP contribution in [-0.4, -0.2) is 22.2 Å². The molecule has 0 unspecified atom stereocenters. The van der Waals surface area contributed by atoms with Gasteiger partial charge < -0.3 is 0 Å². The van der Waals surface area contributed by atoms with Crippen molar-refractivity contribution in [3.05, 3.63) is 47.8 Å². The van der Waals surface area contributed by atoms with Gasteiger partial charge in [-0.05, 0) is 32.0 Å². The molecule has 0 radical (unpaired) electrons. The van der Waals surface area contributed by atoms with E-state index in [1.54, 1.807) is 24.0 Å². The Bertz CT molecular complexity index is 559. The van der Waals surface area contributed by atoms with E-state index in [4.69, 9.17) is 0 Å². The third-order valence-electron chi connectivity index (χ3n) is 2.95. The number of aromatic nitrogens is 2. The number of rotatable bonds is 4. The first-order valence-corrected chi connectivity index (χ1v) is 6.25. The van der Waals surface area contributed by atoms with Gasteiger partial charge >= 0.3 is 0 Å². The maximum atomic E-state index is 12.1. The lowest BCUT2D eigenvalue weighted by molar-refractivity contribution is 0.0940. The van der Waals surface area contributed by atoms with Crippen LogP contribution in [0.25, 0.3) is 0 Å². The molecule has 1 aromatic heterocycles. The van der Waals surface area contributed by atoms with Crippen LogP contribution in [0.5, 0.6) is 0 Å². The van der Waals surface area contributed by atoms with Crippen LogP contribution in [0.15, 0.2) is 36.5 Å². The van der Waals surface area contributed by atoms with Gasteiger partial charge in [0.1, 0.15) is 5.69 Å². The second kappa shape index (κ2) is 5.56. The summed E-state index contributed by atoms with van der Waals surface area (Å²) in [5.74, 6) is -0.164. The van der Waals surface area contributed by atoms with Crippen molar-refractivity contribution in [1.29, 1.82) is 0 Å². The Labute approximate surface area is 112 Å². The molecule has 100 valence electrons. The topological polar surface area (TPSA) is 50.2 Å². The molecule has 2 aromatic rings. The van der Waals surface area contributed by atoms with Crippen molar-refractivity contribution in [3.63, 3.8) is 0 Å². The largest absolute Gasteiger partial charge is 0.288 e. The maximum Gasteiger partial charge on any atom is 0.288 e. The zero-order valence-corrected chi connectivity index (χ0v) is 11.4. The molecule has 0 aliphatic heterocycles. The summed E-state index contributed by atoms with van der Waals surface area (Å²) in [6.45, 7) is 4.71. The van der Waals surface area contributed by atoms with Crippen molar-refractivity contribution in [2.45, 2.75) is 13.8 Å². The number of hydrazine groups is 1. The number of anilines is 1. The van der Waals surface area contributed by atoms with Crippen LogP contribution in [0.2, 0.25) is 0 Å². The van der Waals surface area contributed by atoms with Gasteiger partial charge in [-0.1, -0.05) is 17.7 Å². The molecule has 5 heteroatoms. The van der Waals surface area contributed by atoms with Crippen LogP contribution in [0.4, 0.5) is 5.69 Å². The number of nitrogens with zero attached hydrogens (tertiary/aromatic N) is 3. The molecule has 0 spiro atoms. The Hall–Kier alpha value is -2.30. The predicted octanol–water partition coefficient (Wildman–Crippen LogP) is 1.90. The molecule has 0 fully saturated rings. The van der Waals surface area contributed by atoms with Gasteiger partial charge in [0.2, 0.25) is 0 Å². The zero-order valence-electron chi connectivity index (χ0n) is 11.4. The Morgan fingerprint density at radius 2 is 2.00 bits per heavy atom. The molecular formula is C14H18N4O. The third-order valence-corrected chi connectivity index (χ3v) is 2.95. The second-order valence-electron chi connectivity index (χ2n) is 4.36. The Morgan fingerprint density at radius 3 is 2.53 bits per heavy atom. The molecule has 19 heavy (non-hydrogen) atoms. The predicted molar refractivity (Wildman–Crippen MR) is 74.9 cm³/mol. The van der Waals surface area contributed by atoms with Crippen molar-refractivity contribution in [1.82, 2.24) is 15.2 Å². The highest BCUT2D eigenvalue weighted by molar-refractivity contribution is 5.93. The minimum atomic E-state index is -0.164. The average Bonchev–Trinajstić information content (AvgIpc) is 2.83. The van der Waals surface area contributed by atoms with E-state index in [-0.39, 0.29) is 5.91 Å². The van der Waals surface area contributed by atoms with Gasteiger partial charge in [0.25, 0.3) is 5.91 Å². The molecule has 1 N–H and O–H groups in total. The van der Waals surface area contributed by atoms with Gasteiger partial charge in [-0.2, -0.15) is 5.10 Å². The van der Waals surface area contributed by atoms with Gasteiger partial charge in [-0.15, -0.1) is 0 Å². The van der Waals surface area contributed by atoms with Gasteiger partial charge in [-0.25, -0.2) is 0 Å². The summed E-state index contributed by atoms with van der Waals surface area (Å²) < 4.78 is 1.55. The van der Waals surface area contributed by atoms with Crippen LogP contribution in [0.1, 0.15) is 23.0 Å². The van der Waals surface area contributed by atoms with Crippen molar-refractivity contribution >= 4 is 11.6 Å². The highest BCUT2D eigenvalue weighted by atomic mass is 16.2. The first-order chi connectivity index (χ1) is 9.11. The summed E-state index contributed by atoms with van der Waals surface area (Å²) >= 11 is 0. The van der Waals surface area contributed by atoms with Gasteiger partial charge in [0, 0.05) is 19.8 Å². The summed E-state index contributed by atoms with van der Waals surface area (Å²) in [6, 6.07) is 9.71. The Kier molecular flexibility index (Phi) is 3.85. The fraction of sp³-hybridized carbons (Fsp3) is 0.286. The SMILES string of the molecule is CCN(NC(=O)c1ccnn1C)c1ccc(C)cc1. The number of carbonyl (C=O) groups excluding carboxylic acids is 1. The fourth-order valence-electron chi connectivity index (χ4n) is 1.83. The first-order valence-electron chi connectivity index (χ1n) is 6.25. The number of hydrogen-bond acceptors (Lipinski definition) is 3. The van der Waals surface area contributed by atoms with E-state index in [0.29, 0.717) is 12.2 Å². The molecule has 1 amide bonds. The summed E-state index contributed by atoms with van der Waals surface area (Å²) in [4.78, 5) is 12.1. The van der Waals surface area contributed by atoms with E-state index >= 15 is 0 Å². The van der Waals surface area contributed by atoms with Crippen molar-refractivity contribution in [2.24, 2.45) is 7.05 Å². The van der Waals surface area contributed by atoms with E-state index in [9.17, 15) is 4.79 Å². The summed E-state index contributed by atoms with van der Waals surface area (Å²) in [5.41, 5.74) is 5.57. The van der Waals surface area contributed by atoms with Crippen molar-refractivity contribution in [3.8, 4) is 0 Å². The average molecular weight is 258 g/mol. The lowest BCUT2D eigenvalue weighted by atomic mass is 10.2. The molecule has 0 aliphatic carbocycles. The van der Waals surface area contributed by atoms with Crippen LogP contribution in [-0.2, 0) is 7.05 Å². The zero-order chi connectivity index (χ0) is 13.8. The maximum absolute atomic E-state index is 12.1. The highest BCUT2D eigenvalue weighted by Gasteiger charge is 2.13. The quantitative estimate of drug-likeness (QED) is 0.852. The smallest absolute Gasteiger partial charge is 0.286 e. The van der Waals surface area contributed by atoms with E-state index in [1.165, 1.54) is 5.56 Å². The summed E-state index contributed by atoms with van der Waals surface area (Å²) in [7, 11) is 1.75. The molecule has 0 saturated carbocycles. The normalized spacial score (nSPS) is 10.3. The fourth-order valence-corrected chi connectivity index (χ4v) is 1.83. The lowest BCUT2D eigenvalue weighted by Gasteiger charge is -2.23. The Morgan fingerprint density at radius 1 is 1.32 bits per heavy atom.